The van der Waals surface area contributed by atoms with E-state index in [-0.39, 0.29) is 18.4 Å². The van der Waals surface area contributed by atoms with Crippen LogP contribution in [0.15, 0.2) is 30.3 Å². The Morgan fingerprint density at radius 3 is 2.68 bits per heavy atom. The van der Waals surface area contributed by atoms with Crippen molar-refractivity contribution < 1.29 is 19.1 Å². The van der Waals surface area contributed by atoms with Crippen LogP contribution >= 0.6 is 11.3 Å². The highest BCUT2D eigenvalue weighted by molar-refractivity contribution is 7.17. The van der Waals surface area contributed by atoms with Gasteiger partial charge in [-0.05, 0) is 42.3 Å². The molecule has 0 radical (unpaired) electrons. The van der Waals surface area contributed by atoms with Gasteiger partial charge in [0.25, 0.3) is 5.91 Å². The summed E-state index contributed by atoms with van der Waals surface area (Å²) in [6.45, 7) is 3.66. The molecule has 0 saturated heterocycles. The zero-order valence-electron chi connectivity index (χ0n) is 14.0. The fourth-order valence-corrected chi connectivity index (χ4v) is 3.31. The SMILES string of the molecule is CCCNC(=O)CNC(=O)c1ccc(-c2ccc3c(c2)OCCO3)s1. The molecule has 25 heavy (non-hydrogen) atoms. The van der Waals surface area contributed by atoms with Crippen LogP contribution < -0.4 is 20.1 Å². The quantitative estimate of drug-likeness (QED) is 0.830. The summed E-state index contributed by atoms with van der Waals surface area (Å²) < 4.78 is 11.1. The van der Waals surface area contributed by atoms with E-state index in [4.69, 9.17) is 9.47 Å². The van der Waals surface area contributed by atoms with Crippen molar-refractivity contribution in [2.45, 2.75) is 13.3 Å². The minimum absolute atomic E-state index is 0.0178. The van der Waals surface area contributed by atoms with Crippen molar-refractivity contribution in [3.8, 4) is 21.9 Å². The highest BCUT2D eigenvalue weighted by Crippen LogP contribution is 2.36. The average Bonchev–Trinajstić information content (AvgIpc) is 3.14. The molecule has 1 aromatic heterocycles. The molecule has 0 saturated carbocycles. The molecule has 2 N–H and O–H groups in total. The molecule has 2 heterocycles. The van der Waals surface area contributed by atoms with Gasteiger partial charge in [0, 0.05) is 11.4 Å². The maximum atomic E-state index is 12.2. The first kappa shape index (κ1) is 17.3. The standard InChI is InChI=1S/C18H20N2O4S/c1-2-7-19-17(21)11-20-18(22)16-6-5-15(25-16)12-3-4-13-14(10-12)24-9-8-23-13/h3-6,10H,2,7-9,11H2,1H3,(H,19,21)(H,20,22). The number of amides is 2. The summed E-state index contributed by atoms with van der Waals surface area (Å²) >= 11 is 1.37. The predicted molar refractivity (Wildman–Crippen MR) is 96.4 cm³/mol. The van der Waals surface area contributed by atoms with Crippen LogP contribution in [0.25, 0.3) is 10.4 Å². The Labute approximate surface area is 150 Å². The molecule has 1 aliphatic heterocycles. The molecule has 2 amide bonds. The van der Waals surface area contributed by atoms with Crippen LogP contribution in [0.5, 0.6) is 11.5 Å². The molecule has 7 heteroatoms. The van der Waals surface area contributed by atoms with E-state index in [9.17, 15) is 9.59 Å². The molecule has 1 aromatic carbocycles. The van der Waals surface area contributed by atoms with Crippen molar-refractivity contribution in [3.63, 3.8) is 0 Å². The lowest BCUT2D eigenvalue weighted by Gasteiger charge is -2.18. The fourth-order valence-electron chi connectivity index (χ4n) is 2.39. The van der Waals surface area contributed by atoms with E-state index >= 15 is 0 Å². The van der Waals surface area contributed by atoms with Crippen molar-refractivity contribution in [2.24, 2.45) is 0 Å². The predicted octanol–water partition coefficient (Wildman–Crippen LogP) is 2.44. The van der Waals surface area contributed by atoms with Crippen molar-refractivity contribution in [3.05, 3.63) is 35.2 Å². The van der Waals surface area contributed by atoms with E-state index in [2.05, 4.69) is 10.6 Å². The zero-order valence-corrected chi connectivity index (χ0v) is 14.8. The van der Waals surface area contributed by atoms with Gasteiger partial charge >= 0.3 is 0 Å². The van der Waals surface area contributed by atoms with Crippen LogP contribution in [0.4, 0.5) is 0 Å². The van der Waals surface area contributed by atoms with Crippen LogP contribution in [0.3, 0.4) is 0 Å². The fraction of sp³-hybridized carbons (Fsp3) is 0.333. The molecule has 0 bridgehead atoms. The maximum absolute atomic E-state index is 12.2. The van der Waals surface area contributed by atoms with Gasteiger partial charge in [-0.25, -0.2) is 0 Å². The van der Waals surface area contributed by atoms with E-state index in [1.807, 2.05) is 31.2 Å². The average molecular weight is 360 g/mol. The number of thiophene rings is 1. The summed E-state index contributed by atoms with van der Waals surface area (Å²) in [6.07, 6.45) is 0.865. The van der Waals surface area contributed by atoms with Crippen molar-refractivity contribution >= 4 is 23.2 Å². The van der Waals surface area contributed by atoms with Gasteiger partial charge in [-0.1, -0.05) is 6.92 Å². The van der Waals surface area contributed by atoms with Gasteiger partial charge in [0.2, 0.25) is 5.91 Å². The lowest BCUT2D eigenvalue weighted by molar-refractivity contribution is -0.120. The first-order valence-corrected chi connectivity index (χ1v) is 9.04. The molecular weight excluding hydrogens is 340 g/mol. The summed E-state index contributed by atoms with van der Waals surface area (Å²) in [5, 5.41) is 5.36. The normalized spacial score (nSPS) is 12.5. The van der Waals surface area contributed by atoms with Gasteiger partial charge in [0.1, 0.15) is 13.2 Å². The van der Waals surface area contributed by atoms with Crippen molar-refractivity contribution in [2.75, 3.05) is 26.3 Å². The number of hydrogen-bond acceptors (Lipinski definition) is 5. The highest BCUT2D eigenvalue weighted by Gasteiger charge is 2.15. The van der Waals surface area contributed by atoms with Crippen molar-refractivity contribution in [1.82, 2.24) is 10.6 Å². The third-order valence-electron chi connectivity index (χ3n) is 3.64. The molecule has 0 aliphatic carbocycles. The van der Waals surface area contributed by atoms with Gasteiger partial charge in [-0.15, -0.1) is 11.3 Å². The molecule has 1 aliphatic rings. The minimum atomic E-state index is -0.250. The zero-order chi connectivity index (χ0) is 17.6. The van der Waals surface area contributed by atoms with Gasteiger partial charge in [-0.3, -0.25) is 9.59 Å². The third-order valence-corrected chi connectivity index (χ3v) is 4.77. The van der Waals surface area contributed by atoms with Crippen LogP contribution in [0, 0.1) is 0 Å². The Morgan fingerprint density at radius 1 is 1.08 bits per heavy atom. The Morgan fingerprint density at radius 2 is 1.88 bits per heavy atom. The number of hydrogen-bond donors (Lipinski definition) is 2. The second kappa shape index (κ2) is 8.02. The Kier molecular flexibility index (Phi) is 5.55. The topological polar surface area (TPSA) is 76.7 Å². The van der Waals surface area contributed by atoms with Crippen LogP contribution in [-0.2, 0) is 4.79 Å². The second-order valence-electron chi connectivity index (χ2n) is 5.55. The maximum Gasteiger partial charge on any atom is 0.261 e. The summed E-state index contributed by atoms with van der Waals surface area (Å²) in [6, 6.07) is 9.39. The van der Waals surface area contributed by atoms with Gasteiger partial charge in [-0.2, -0.15) is 0 Å². The van der Waals surface area contributed by atoms with E-state index in [1.165, 1.54) is 11.3 Å². The molecular formula is C18H20N2O4S. The molecule has 0 fully saturated rings. The number of rotatable bonds is 6. The molecule has 3 rings (SSSR count). The number of ether oxygens (including phenoxy) is 2. The number of carbonyl (C=O) groups excluding carboxylic acids is 2. The Bertz CT molecular complexity index is 772. The number of carbonyl (C=O) groups is 2. The first-order valence-electron chi connectivity index (χ1n) is 8.22. The van der Waals surface area contributed by atoms with Crippen LogP contribution in [-0.4, -0.2) is 38.1 Å². The summed E-state index contributed by atoms with van der Waals surface area (Å²) in [4.78, 5) is 25.2. The Balaban J connectivity index is 1.64. The Hall–Kier alpha value is -2.54. The number of nitrogens with one attached hydrogen (secondary N) is 2. The molecule has 0 spiro atoms. The summed E-state index contributed by atoms with van der Waals surface area (Å²) in [5.41, 5.74) is 0.967. The molecule has 0 unspecified atom stereocenters. The monoisotopic (exact) mass is 360 g/mol. The number of fused-ring (bicyclic) bond motifs is 1. The van der Waals surface area contributed by atoms with Gasteiger partial charge in [0.05, 0.1) is 11.4 Å². The third kappa shape index (κ3) is 4.30. The lowest BCUT2D eigenvalue weighted by atomic mass is 10.1. The van der Waals surface area contributed by atoms with E-state index in [0.29, 0.717) is 24.6 Å². The summed E-state index contributed by atoms with van der Waals surface area (Å²) in [5.74, 6) is 1.03. The minimum Gasteiger partial charge on any atom is -0.486 e. The smallest absolute Gasteiger partial charge is 0.261 e. The molecule has 132 valence electrons. The van der Waals surface area contributed by atoms with Gasteiger partial charge < -0.3 is 20.1 Å². The van der Waals surface area contributed by atoms with Gasteiger partial charge in [0.15, 0.2) is 11.5 Å². The van der Waals surface area contributed by atoms with Crippen LogP contribution in [0.1, 0.15) is 23.0 Å². The number of benzene rings is 1. The first-order chi connectivity index (χ1) is 12.2. The lowest BCUT2D eigenvalue weighted by Crippen LogP contribution is -2.36. The molecule has 2 aromatic rings. The molecule has 6 nitrogen and oxygen atoms in total. The van der Waals surface area contributed by atoms with E-state index in [1.54, 1.807) is 6.07 Å². The second-order valence-corrected chi connectivity index (χ2v) is 6.64. The van der Waals surface area contributed by atoms with E-state index < -0.39 is 0 Å². The van der Waals surface area contributed by atoms with E-state index in [0.717, 1.165) is 28.4 Å². The summed E-state index contributed by atoms with van der Waals surface area (Å²) in [7, 11) is 0. The molecule has 0 atom stereocenters. The van der Waals surface area contributed by atoms with Crippen LogP contribution in [0.2, 0.25) is 0 Å². The largest absolute Gasteiger partial charge is 0.486 e. The highest BCUT2D eigenvalue weighted by atomic mass is 32.1. The van der Waals surface area contributed by atoms with Crippen molar-refractivity contribution in [1.29, 1.82) is 0 Å².